The zero-order valence-corrected chi connectivity index (χ0v) is 9.69. The number of benzene rings is 1. The van der Waals surface area contributed by atoms with E-state index in [9.17, 15) is 8.78 Å². The first-order valence-electron chi connectivity index (χ1n) is 5.76. The first kappa shape index (κ1) is 11.5. The van der Waals surface area contributed by atoms with Gasteiger partial charge in [0.2, 0.25) is 0 Å². The molecule has 1 saturated carbocycles. The van der Waals surface area contributed by atoms with Gasteiger partial charge < -0.3 is 5.32 Å². The van der Waals surface area contributed by atoms with Crippen LogP contribution in [0.2, 0.25) is 0 Å². The highest BCUT2D eigenvalue weighted by Gasteiger charge is 2.53. The molecule has 1 aromatic rings. The molecular weight excluding hydrogens is 208 g/mol. The van der Waals surface area contributed by atoms with Crippen LogP contribution in [0.4, 0.5) is 8.78 Å². The minimum Gasteiger partial charge on any atom is -0.316 e. The molecule has 1 aliphatic rings. The van der Waals surface area contributed by atoms with Crippen LogP contribution >= 0.6 is 0 Å². The lowest BCUT2D eigenvalue weighted by molar-refractivity contribution is 0.506. The monoisotopic (exact) mass is 225 g/mol. The van der Waals surface area contributed by atoms with Crippen LogP contribution in [0.1, 0.15) is 25.8 Å². The number of hydrogen-bond donors (Lipinski definition) is 1. The van der Waals surface area contributed by atoms with E-state index in [1.165, 1.54) is 6.07 Å². The van der Waals surface area contributed by atoms with Gasteiger partial charge in [-0.25, -0.2) is 8.78 Å². The van der Waals surface area contributed by atoms with Gasteiger partial charge in [-0.3, -0.25) is 0 Å². The predicted octanol–water partition coefficient (Wildman–Crippen LogP) is 2.85. The lowest BCUT2D eigenvalue weighted by Crippen LogP contribution is -2.29. The van der Waals surface area contributed by atoms with Crippen molar-refractivity contribution < 1.29 is 8.78 Å². The molecule has 1 aliphatic carbocycles. The van der Waals surface area contributed by atoms with E-state index in [0.717, 1.165) is 25.6 Å². The van der Waals surface area contributed by atoms with Gasteiger partial charge in [-0.2, -0.15) is 0 Å². The Kier molecular flexibility index (Phi) is 2.98. The lowest BCUT2D eigenvalue weighted by atomic mass is 9.92. The zero-order chi connectivity index (χ0) is 11.8. The van der Waals surface area contributed by atoms with Crippen molar-refractivity contribution in [2.45, 2.75) is 25.7 Å². The highest BCUT2D eigenvalue weighted by molar-refractivity contribution is 5.35. The molecule has 0 heterocycles. The summed E-state index contributed by atoms with van der Waals surface area (Å²) in [4.78, 5) is 0. The number of hydrogen-bond acceptors (Lipinski definition) is 1. The van der Waals surface area contributed by atoms with E-state index < -0.39 is 11.6 Å². The van der Waals surface area contributed by atoms with Crippen molar-refractivity contribution in [1.29, 1.82) is 0 Å². The molecule has 0 spiro atoms. The molecule has 16 heavy (non-hydrogen) atoms. The van der Waals surface area contributed by atoms with E-state index in [1.807, 2.05) is 6.92 Å². The molecule has 0 saturated heterocycles. The van der Waals surface area contributed by atoms with Gasteiger partial charge in [-0.15, -0.1) is 0 Å². The van der Waals surface area contributed by atoms with Crippen molar-refractivity contribution in [2.75, 3.05) is 13.1 Å². The molecule has 2 atom stereocenters. The minimum absolute atomic E-state index is 0.117. The van der Waals surface area contributed by atoms with Gasteiger partial charge in [0.1, 0.15) is 11.6 Å². The SMILES string of the molecule is CCNCC1(c2ccc(F)cc2F)CC1C. The summed E-state index contributed by atoms with van der Waals surface area (Å²) in [5.74, 6) is -0.457. The van der Waals surface area contributed by atoms with Gasteiger partial charge in [0.15, 0.2) is 0 Å². The molecule has 1 fully saturated rings. The summed E-state index contributed by atoms with van der Waals surface area (Å²) in [5.41, 5.74) is 0.538. The second kappa shape index (κ2) is 4.13. The molecule has 0 aromatic heterocycles. The summed E-state index contributed by atoms with van der Waals surface area (Å²) in [6.07, 6.45) is 0.975. The van der Waals surface area contributed by atoms with Gasteiger partial charge >= 0.3 is 0 Å². The average Bonchev–Trinajstić information content (AvgIpc) is 2.87. The van der Waals surface area contributed by atoms with Crippen LogP contribution in [0.3, 0.4) is 0 Å². The van der Waals surface area contributed by atoms with E-state index in [-0.39, 0.29) is 5.41 Å². The highest BCUT2D eigenvalue weighted by atomic mass is 19.1. The van der Waals surface area contributed by atoms with Crippen LogP contribution in [0.5, 0.6) is 0 Å². The summed E-state index contributed by atoms with van der Waals surface area (Å²) in [6, 6.07) is 3.91. The summed E-state index contributed by atoms with van der Waals surface area (Å²) in [7, 11) is 0. The topological polar surface area (TPSA) is 12.0 Å². The molecule has 0 amide bonds. The van der Waals surface area contributed by atoms with E-state index in [1.54, 1.807) is 6.07 Å². The van der Waals surface area contributed by atoms with Crippen LogP contribution in [-0.2, 0) is 5.41 Å². The zero-order valence-electron chi connectivity index (χ0n) is 9.69. The van der Waals surface area contributed by atoms with Crippen molar-refractivity contribution in [3.63, 3.8) is 0 Å². The molecule has 0 radical (unpaired) electrons. The fourth-order valence-corrected chi connectivity index (χ4v) is 2.45. The first-order valence-corrected chi connectivity index (χ1v) is 5.76. The molecule has 1 N–H and O–H groups in total. The van der Waals surface area contributed by atoms with E-state index in [2.05, 4.69) is 12.2 Å². The van der Waals surface area contributed by atoms with Gasteiger partial charge in [0.05, 0.1) is 0 Å². The van der Waals surface area contributed by atoms with Crippen LogP contribution in [0, 0.1) is 17.6 Å². The van der Waals surface area contributed by atoms with Gasteiger partial charge in [-0.1, -0.05) is 19.9 Å². The fraction of sp³-hybridized carbons (Fsp3) is 0.538. The maximum absolute atomic E-state index is 13.7. The molecule has 1 aromatic carbocycles. The second-order valence-electron chi connectivity index (χ2n) is 4.67. The Morgan fingerprint density at radius 3 is 2.62 bits per heavy atom. The van der Waals surface area contributed by atoms with Gasteiger partial charge in [-0.05, 0) is 30.5 Å². The van der Waals surface area contributed by atoms with Crippen LogP contribution in [0.15, 0.2) is 18.2 Å². The molecule has 3 heteroatoms. The minimum atomic E-state index is -0.506. The molecule has 0 aliphatic heterocycles. The fourth-order valence-electron chi connectivity index (χ4n) is 2.45. The predicted molar refractivity (Wildman–Crippen MR) is 60.4 cm³/mol. The summed E-state index contributed by atoms with van der Waals surface area (Å²) in [5, 5.41) is 3.26. The van der Waals surface area contributed by atoms with E-state index in [0.29, 0.717) is 11.5 Å². The third-order valence-electron chi connectivity index (χ3n) is 3.61. The number of likely N-dealkylation sites (N-methyl/N-ethyl adjacent to an activating group) is 1. The lowest BCUT2D eigenvalue weighted by Gasteiger charge is -2.18. The van der Waals surface area contributed by atoms with Crippen molar-refractivity contribution in [3.8, 4) is 0 Å². The molecule has 88 valence electrons. The number of rotatable bonds is 4. The Hall–Kier alpha value is -0.960. The Morgan fingerprint density at radius 1 is 1.44 bits per heavy atom. The van der Waals surface area contributed by atoms with Gasteiger partial charge in [0, 0.05) is 18.0 Å². The van der Waals surface area contributed by atoms with Crippen LogP contribution in [-0.4, -0.2) is 13.1 Å². The Labute approximate surface area is 94.9 Å². The largest absolute Gasteiger partial charge is 0.316 e. The van der Waals surface area contributed by atoms with Crippen molar-refractivity contribution in [2.24, 2.45) is 5.92 Å². The molecule has 0 bridgehead atoms. The molecule has 1 nitrogen and oxygen atoms in total. The van der Waals surface area contributed by atoms with Crippen LogP contribution in [0.25, 0.3) is 0 Å². The maximum atomic E-state index is 13.7. The quantitative estimate of drug-likeness (QED) is 0.830. The third kappa shape index (κ3) is 1.84. The Bertz CT molecular complexity index is 392. The summed E-state index contributed by atoms with van der Waals surface area (Å²) in [6.45, 7) is 5.78. The van der Waals surface area contributed by atoms with Crippen molar-refractivity contribution >= 4 is 0 Å². The molecule has 2 unspecified atom stereocenters. The Morgan fingerprint density at radius 2 is 2.12 bits per heavy atom. The van der Waals surface area contributed by atoms with Crippen molar-refractivity contribution in [3.05, 3.63) is 35.4 Å². The number of halogens is 2. The van der Waals surface area contributed by atoms with Crippen molar-refractivity contribution in [1.82, 2.24) is 5.32 Å². The summed E-state index contributed by atoms with van der Waals surface area (Å²) >= 11 is 0. The Balaban J connectivity index is 2.27. The highest BCUT2D eigenvalue weighted by Crippen LogP contribution is 2.54. The van der Waals surface area contributed by atoms with Gasteiger partial charge in [0.25, 0.3) is 0 Å². The first-order chi connectivity index (χ1) is 7.60. The average molecular weight is 225 g/mol. The third-order valence-corrected chi connectivity index (χ3v) is 3.61. The standard InChI is InChI=1S/C13H17F2N/c1-3-16-8-13(7-9(13)2)11-5-4-10(14)6-12(11)15/h4-6,9,16H,3,7-8H2,1-2H3. The smallest absolute Gasteiger partial charge is 0.129 e. The van der Waals surface area contributed by atoms with Crippen LogP contribution < -0.4 is 5.32 Å². The normalized spacial score (nSPS) is 28.1. The molecular formula is C13H17F2N. The molecule has 2 rings (SSSR count). The van der Waals surface area contributed by atoms with E-state index in [4.69, 9.17) is 0 Å². The number of nitrogens with one attached hydrogen (secondary N) is 1. The second-order valence-corrected chi connectivity index (χ2v) is 4.67. The summed E-state index contributed by atoms with van der Waals surface area (Å²) < 4.78 is 26.6. The maximum Gasteiger partial charge on any atom is 0.129 e. The van der Waals surface area contributed by atoms with E-state index >= 15 is 0 Å².